The van der Waals surface area contributed by atoms with Gasteiger partial charge in [-0.2, -0.15) is 5.26 Å². The number of likely N-dealkylation sites (N-methyl/N-ethyl adjacent to an activating group) is 1. The van der Waals surface area contributed by atoms with Crippen LogP contribution < -0.4 is 21.6 Å². The molecule has 226 valence electrons. The summed E-state index contributed by atoms with van der Waals surface area (Å²) in [4.78, 5) is 6.03. The van der Waals surface area contributed by atoms with Gasteiger partial charge in [0.25, 0.3) is 5.92 Å². The predicted octanol–water partition coefficient (Wildman–Crippen LogP) is 6.95. The predicted molar refractivity (Wildman–Crippen MR) is 166 cm³/mol. The third-order valence-corrected chi connectivity index (χ3v) is 8.13. The molecule has 4 N–H and O–H groups in total. The number of nitriles is 1. The summed E-state index contributed by atoms with van der Waals surface area (Å²) in [6, 6.07) is 18.6. The molecule has 2 atom stereocenters. The SMILES string of the molecule is CN1CC(N2C=C([C@@H](Nc3cc(Cl)c4ncc(C#N)c(Nc5ccc(F)c(Cl)c5)c4c3)c3ccccc3)NN2)CC(F)(F)C1. The Balaban J connectivity index is 1.37. The van der Waals surface area contributed by atoms with Crippen molar-refractivity contribution in [2.24, 2.45) is 0 Å². The van der Waals surface area contributed by atoms with E-state index in [1.54, 1.807) is 29.2 Å². The molecule has 2 aliphatic heterocycles. The van der Waals surface area contributed by atoms with Crippen molar-refractivity contribution in [2.75, 3.05) is 30.8 Å². The zero-order valence-corrected chi connectivity index (χ0v) is 24.9. The Kier molecular flexibility index (Phi) is 8.18. The monoisotopic (exact) mass is 638 g/mol. The summed E-state index contributed by atoms with van der Waals surface area (Å²) in [7, 11) is 1.69. The molecule has 1 unspecified atom stereocenters. The minimum Gasteiger partial charge on any atom is -0.373 e. The number of piperidine rings is 1. The van der Waals surface area contributed by atoms with Gasteiger partial charge in [0.2, 0.25) is 0 Å². The number of fused-ring (bicyclic) bond motifs is 1. The van der Waals surface area contributed by atoms with Crippen LogP contribution in [0.2, 0.25) is 10.0 Å². The Morgan fingerprint density at radius 1 is 1.09 bits per heavy atom. The maximum Gasteiger partial charge on any atom is 0.262 e. The van der Waals surface area contributed by atoms with E-state index in [1.165, 1.54) is 24.4 Å². The van der Waals surface area contributed by atoms with Gasteiger partial charge >= 0.3 is 0 Å². The van der Waals surface area contributed by atoms with Crippen LogP contribution in [0.25, 0.3) is 10.9 Å². The summed E-state index contributed by atoms with van der Waals surface area (Å²) in [5.41, 5.74) is 10.0. The van der Waals surface area contributed by atoms with Gasteiger partial charge in [0, 0.05) is 42.1 Å². The Labute approximate surface area is 262 Å². The van der Waals surface area contributed by atoms with Gasteiger partial charge in [-0.3, -0.25) is 14.9 Å². The fourth-order valence-electron chi connectivity index (χ4n) is 5.60. The van der Waals surface area contributed by atoms with E-state index in [1.807, 2.05) is 36.4 Å². The average molecular weight is 640 g/mol. The first-order chi connectivity index (χ1) is 21.1. The number of alkyl halides is 2. The van der Waals surface area contributed by atoms with Crippen LogP contribution in [0.4, 0.5) is 30.2 Å². The number of aromatic nitrogens is 1. The molecular formula is C31H27Cl2F3N8. The zero-order valence-electron chi connectivity index (χ0n) is 23.4. The molecular weight excluding hydrogens is 612 g/mol. The zero-order chi connectivity index (χ0) is 31.0. The molecule has 1 aromatic heterocycles. The number of nitrogens with zero attached hydrogens (tertiary/aromatic N) is 4. The van der Waals surface area contributed by atoms with E-state index >= 15 is 0 Å². The van der Waals surface area contributed by atoms with Crippen molar-refractivity contribution in [2.45, 2.75) is 24.4 Å². The van der Waals surface area contributed by atoms with Crippen LogP contribution in [0.15, 0.2) is 78.8 Å². The molecule has 0 aliphatic carbocycles. The maximum atomic E-state index is 14.4. The number of rotatable bonds is 7. The van der Waals surface area contributed by atoms with Crippen molar-refractivity contribution in [1.82, 2.24) is 25.9 Å². The van der Waals surface area contributed by atoms with Gasteiger partial charge in [-0.1, -0.05) is 53.5 Å². The number of hydrazine groups is 2. The van der Waals surface area contributed by atoms with Gasteiger partial charge in [0.05, 0.1) is 51.1 Å². The van der Waals surface area contributed by atoms with Crippen LogP contribution in [0.1, 0.15) is 23.6 Å². The van der Waals surface area contributed by atoms with Gasteiger partial charge in [0.1, 0.15) is 11.9 Å². The average Bonchev–Trinajstić information content (AvgIpc) is 3.48. The molecule has 3 heterocycles. The molecule has 3 aromatic carbocycles. The van der Waals surface area contributed by atoms with Crippen LogP contribution in [0.3, 0.4) is 0 Å². The van der Waals surface area contributed by atoms with E-state index < -0.39 is 23.8 Å². The molecule has 4 aromatic rings. The molecule has 0 bridgehead atoms. The van der Waals surface area contributed by atoms with Gasteiger partial charge in [-0.15, -0.1) is 5.53 Å². The number of likely N-dealkylation sites (tertiary alicyclic amines) is 1. The normalized spacial score (nSPS) is 18.8. The van der Waals surface area contributed by atoms with E-state index in [0.29, 0.717) is 45.2 Å². The van der Waals surface area contributed by atoms with E-state index in [0.717, 1.165) is 5.56 Å². The lowest BCUT2D eigenvalue weighted by Gasteiger charge is -2.39. The fraction of sp³-hybridized carbons (Fsp3) is 0.226. The Morgan fingerprint density at radius 3 is 2.59 bits per heavy atom. The summed E-state index contributed by atoms with van der Waals surface area (Å²) in [5, 5.41) is 19.1. The second kappa shape index (κ2) is 12.1. The summed E-state index contributed by atoms with van der Waals surface area (Å²) in [6.07, 6.45) is 2.94. The summed E-state index contributed by atoms with van der Waals surface area (Å²) >= 11 is 12.7. The number of nitrogens with one attached hydrogen (secondary N) is 4. The van der Waals surface area contributed by atoms with Gasteiger partial charge < -0.3 is 16.1 Å². The second-order valence-corrected chi connectivity index (χ2v) is 11.7. The van der Waals surface area contributed by atoms with Crippen LogP contribution in [0.5, 0.6) is 0 Å². The highest BCUT2D eigenvalue weighted by Gasteiger charge is 2.42. The molecule has 8 nitrogen and oxygen atoms in total. The van der Waals surface area contributed by atoms with E-state index in [2.05, 4.69) is 32.6 Å². The topological polar surface area (TPSA) is 91.3 Å². The molecule has 0 saturated carbocycles. The van der Waals surface area contributed by atoms with Crippen molar-refractivity contribution in [1.29, 1.82) is 5.26 Å². The van der Waals surface area contributed by atoms with Crippen molar-refractivity contribution in [3.8, 4) is 6.07 Å². The van der Waals surface area contributed by atoms with Crippen molar-refractivity contribution in [3.05, 3.63) is 106 Å². The third kappa shape index (κ3) is 6.21. The second-order valence-electron chi connectivity index (χ2n) is 10.9. The molecule has 13 heteroatoms. The highest BCUT2D eigenvalue weighted by molar-refractivity contribution is 6.36. The summed E-state index contributed by atoms with van der Waals surface area (Å²) in [6.45, 7) is 0.201. The van der Waals surface area contributed by atoms with E-state index in [-0.39, 0.29) is 23.6 Å². The first-order valence-electron chi connectivity index (χ1n) is 13.7. The van der Waals surface area contributed by atoms with Crippen LogP contribution >= 0.6 is 23.2 Å². The van der Waals surface area contributed by atoms with E-state index in [4.69, 9.17) is 23.2 Å². The number of halogens is 5. The van der Waals surface area contributed by atoms with Crippen molar-refractivity contribution in [3.63, 3.8) is 0 Å². The van der Waals surface area contributed by atoms with Crippen LogP contribution in [-0.2, 0) is 0 Å². The molecule has 1 saturated heterocycles. The molecule has 44 heavy (non-hydrogen) atoms. The molecule has 0 spiro atoms. The summed E-state index contributed by atoms with van der Waals surface area (Å²) < 4.78 is 42.6. The number of hydrogen-bond acceptors (Lipinski definition) is 8. The maximum absolute atomic E-state index is 14.4. The van der Waals surface area contributed by atoms with Gasteiger partial charge in [0.15, 0.2) is 0 Å². The van der Waals surface area contributed by atoms with Crippen molar-refractivity contribution >= 4 is 51.2 Å². The first kappa shape index (κ1) is 29.8. The lowest BCUT2D eigenvalue weighted by Crippen LogP contribution is -2.56. The third-order valence-electron chi connectivity index (χ3n) is 7.55. The Hall–Kier alpha value is -4.21. The number of hydrogen-bond donors (Lipinski definition) is 4. The number of pyridine rings is 1. The molecule has 1 fully saturated rings. The van der Waals surface area contributed by atoms with Crippen LogP contribution in [-0.4, -0.2) is 47.0 Å². The highest BCUT2D eigenvalue weighted by Crippen LogP contribution is 2.38. The molecule has 2 aliphatic rings. The largest absolute Gasteiger partial charge is 0.373 e. The Morgan fingerprint density at radius 2 is 1.86 bits per heavy atom. The lowest BCUT2D eigenvalue weighted by molar-refractivity contribution is -0.0874. The van der Waals surface area contributed by atoms with Gasteiger partial charge in [-0.05, 0) is 42.9 Å². The lowest BCUT2D eigenvalue weighted by atomic mass is 10.0. The minimum atomic E-state index is -2.80. The number of anilines is 3. The first-order valence-corrected chi connectivity index (χ1v) is 14.5. The fourth-order valence-corrected chi connectivity index (χ4v) is 6.05. The molecule has 0 amide bonds. The van der Waals surface area contributed by atoms with Crippen molar-refractivity contribution < 1.29 is 13.2 Å². The highest BCUT2D eigenvalue weighted by atomic mass is 35.5. The Bertz CT molecular complexity index is 1780. The van der Waals surface area contributed by atoms with Gasteiger partial charge in [-0.25, -0.2) is 13.2 Å². The minimum absolute atomic E-state index is 0.0680. The molecule has 0 radical (unpaired) electrons. The molecule has 6 rings (SSSR count). The summed E-state index contributed by atoms with van der Waals surface area (Å²) in [5.74, 6) is -3.36. The van der Waals surface area contributed by atoms with E-state index in [9.17, 15) is 18.4 Å². The smallest absolute Gasteiger partial charge is 0.262 e. The van der Waals surface area contributed by atoms with Crippen LogP contribution in [0, 0.1) is 17.1 Å². The number of benzene rings is 3. The standard InChI is InChI=1S/C31H27Cl2F3N8/c1-43-15-22(12-31(35,36)17-43)44-16-27(41-42-44)29(18-5-3-2-4-6-18)40-21-9-23-28(39-20-7-8-26(34)24(32)10-20)19(13-37)14-38-30(23)25(33)11-21/h2-11,14,16,22,29,40-42H,12,15,17H2,1H3,(H,38,39)/t22?,29-/m0/s1. The quantitative estimate of drug-likeness (QED) is 0.173.